The minimum Gasteiger partial charge on any atom is -0.354 e. The second-order valence-electron chi connectivity index (χ2n) is 6.48. The number of benzene rings is 1. The van der Waals surface area contributed by atoms with Crippen LogP contribution in [-0.2, 0) is 11.2 Å². The van der Waals surface area contributed by atoms with Gasteiger partial charge in [-0.05, 0) is 39.8 Å². The van der Waals surface area contributed by atoms with E-state index >= 15 is 0 Å². The van der Waals surface area contributed by atoms with Crippen LogP contribution < -0.4 is 5.32 Å². The van der Waals surface area contributed by atoms with Crippen molar-refractivity contribution in [2.45, 2.75) is 40.2 Å². The number of nitrogens with zero attached hydrogens (tertiary/aromatic N) is 3. The van der Waals surface area contributed by atoms with E-state index in [2.05, 4.69) is 10.4 Å². The third kappa shape index (κ3) is 3.97. The highest BCUT2D eigenvalue weighted by Gasteiger charge is 2.18. The highest BCUT2D eigenvalue weighted by Crippen LogP contribution is 2.27. The van der Waals surface area contributed by atoms with Crippen LogP contribution in [-0.4, -0.2) is 26.7 Å². The minimum atomic E-state index is 0.00624. The molecule has 3 rings (SSSR count). The number of halogens is 1. The first-order valence-corrected chi connectivity index (χ1v) is 9.67. The van der Waals surface area contributed by atoms with E-state index in [0.717, 1.165) is 33.3 Å². The summed E-state index contributed by atoms with van der Waals surface area (Å²) in [7, 11) is 0. The van der Waals surface area contributed by atoms with Gasteiger partial charge in [-0.1, -0.05) is 23.7 Å². The molecule has 0 fully saturated rings. The van der Waals surface area contributed by atoms with Crippen LogP contribution in [0.1, 0.15) is 30.8 Å². The summed E-state index contributed by atoms with van der Waals surface area (Å²) >= 11 is 7.47. The summed E-state index contributed by atoms with van der Waals surface area (Å²) in [6, 6.07) is 7.72. The Morgan fingerprint density at radius 3 is 2.62 bits per heavy atom. The summed E-state index contributed by atoms with van der Waals surface area (Å²) in [6.45, 7) is 7.81. The highest BCUT2D eigenvalue weighted by molar-refractivity contribution is 7.12. The Hall–Kier alpha value is -2.18. The van der Waals surface area contributed by atoms with Crippen LogP contribution in [0.4, 0.5) is 0 Å². The van der Waals surface area contributed by atoms with Gasteiger partial charge in [0.25, 0.3) is 0 Å². The quantitative estimate of drug-likeness (QED) is 0.707. The Morgan fingerprint density at radius 1 is 1.27 bits per heavy atom. The molecule has 0 radical (unpaired) electrons. The van der Waals surface area contributed by atoms with Crippen molar-refractivity contribution in [1.29, 1.82) is 0 Å². The second kappa shape index (κ2) is 7.60. The first kappa shape index (κ1) is 18.6. The van der Waals surface area contributed by atoms with Crippen LogP contribution in [0.5, 0.6) is 0 Å². The largest absolute Gasteiger partial charge is 0.354 e. The van der Waals surface area contributed by atoms with Gasteiger partial charge in [-0.3, -0.25) is 4.79 Å². The summed E-state index contributed by atoms with van der Waals surface area (Å²) in [5.74, 6) is 0.00624. The number of hydrogen-bond donors (Lipinski definition) is 1. The monoisotopic (exact) mass is 388 g/mol. The fourth-order valence-electron chi connectivity index (χ4n) is 2.77. The second-order valence-corrected chi connectivity index (χ2v) is 7.76. The van der Waals surface area contributed by atoms with Crippen molar-refractivity contribution in [1.82, 2.24) is 20.1 Å². The molecular weight excluding hydrogens is 368 g/mol. The fourth-order valence-corrected chi connectivity index (χ4v) is 3.73. The highest BCUT2D eigenvalue weighted by atomic mass is 35.5. The number of thiazole rings is 1. The van der Waals surface area contributed by atoms with Gasteiger partial charge in [0.15, 0.2) is 0 Å². The molecule has 1 N–H and O–H groups in total. The summed E-state index contributed by atoms with van der Waals surface area (Å²) in [5, 5.41) is 11.0. The lowest BCUT2D eigenvalue weighted by atomic mass is 10.1. The fraction of sp³-hybridized carbons (Fsp3) is 0.316. The Morgan fingerprint density at radius 2 is 1.96 bits per heavy atom. The third-order valence-corrected chi connectivity index (χ3v) is 5.11. The summed E-state index contributed by atoms with van der Waals surface area (Å²) in [6.07, 6.45) is 0.325. The molecule has 0 spiro atoms. The number of carbonyl (C=O) groups is 1. The molecule has 5 nitrogen and oxygen atoms in total. The van der Waals surface area contributed by atoms with Crippen molar-refractivity contribution in [2.24, 2.45) is 0 Å². The first-order chi connectivity index (χ1) is 12.3. The first-order valence-electron chi connectivity index (χ1n) is 8.41. The van der Waals surface area contributed by atoms with Crippen molar-refractivity contribution in [3.05, 3.63) is 51.6 Å². The van der Waals surface area contributed by atoms with Crippen LogP contribution in [0.2, 0.25) is 5.02 Å². The van der Waals surface area contributed by atoms with Gasteiger partial charge in [-0.2, -0.15) is 5.10 Å². The van der Waals surface area contributed by atoms with Gasteiger partial charge in [-0.25, -0.2) is 9.67 Å². The predicted octanol–water partition coefficient (Wildman–Crippen LogP) is 4.33. The molecule has 0 bridgehead atoms. The number of hydrogen-bond acceptors (Lipinski definition) is 4. The normalized spacial score (nSPS) is 11.2. The maximum atomic E-state index is 12.1. The molecule has 0 aliphatic rings. The lowest BCUT2D eigenvalue weighted by Gasteiger charge is -2.08. The molecule has 1 amide bonds. The Bertz CT molecular complexity index is 928. The van der Waals surface area contributed by atoms with Crippen molar-refractivity contribution in [3.8, 4) is 16.4 Å². The molecule has 136 valence electrons. The van der Waals surface area contributed by atoms with E-state index in [0.29, 0.717) is 11.4 Å². The zero-order valence-corrected chi connectivity index (χ0v) is 16.8. The van der Waals surface area contributed by atoms with Crippen LogP contribution in [0.3, 0.4) is 0 Å². The molecule has 0 saturated heterocycles. The van der Waals surface area contributed by atoms with Crippen molar-refractivity contribution < 1.29 is 4.79 Å². The number of aryl methyl sites for hydroxylation is 1. The number of amides is 1. The van der Waals surface area contributed by atoms with Crippen molar-refractivity contribution in [2.75, 3.05) is 0 Å². The Labute approximate surface area is 162 Å². The molecule has 7 heteroatoms. The van der Waals surface area contributed by atoms with Crippen LogP contribution in [0.25, 0.3) is 16.4 Å². The number of rotatable bonds is 5. The van der Waals surface area contributed by atoms with Gasteiger partial charge < -0.3 is 5.32 Å². The van der Waals surface area contributed by atoms with Crippen molar-refractivity contribution in [3.63, 3.8) is 0 Å². The molecule has 1 aromatic carbocycles. The van der Waals surface area contributed by atoms with E-state index in [1.54, 1.807) is 0 Å². The summed E-state index contributed by atoms with van der Waals surface area (Å²) < 4.78 is 1.82. The van der Waals surface area contributed by atoms with E-state index < -0.39 is 0 Å². The van der Waals surface area contributed by atoms with Gasteiger partial charge in [0, 0.05) is 33.3 Å². The number of carbonyl (C=O) groups excluding carboxylic acids is 1. The summed E-state index contributed by atoms with van der Waals surface area (Å²) in [5.41, 5.74) is 4.64. The van der Waals surface area contributed by atoms with Gasteiger partial charge >= 0.3 is 0 Å². The average Bonchev–Trinajstić information content (AvgIpc) is 3.15. The number of nitrogens with one attached hydrogen (secondary N) is 1. The SMILES string of the molecule is Cc1nn(-c2nc(-c3ccc(Cl)cc3)cs2)c(C)c1CC(=O)NC(C)C. The van der Waals surface area contributed by atoms with Crippen LogP contribution in [0.15, 0.2) is 29.6 Å². The average molecular weight is 389 g/mol. The van der Waals surface area contributed by atoms with Gasteiger partial charge in [-0.15, -0.1) is 11.3 Å². The predicted molar refractivity (Wildman–Crippen MR) is 106 cm³/mol. The molecule has 0 unspecified atom stereocenters. The van der Waals surface area contributed by atoms with E-state index in [1.807, 2.05) is 62.0 Å². The van der Waals surface area contributed by atoms with Crippen LogP contribution >= 0.6 is 22.9 Å². The van der Waals surface area contributed by atoms with Crippen LogP contribution in [0, 0.1) is 13.8 Å². The Balaban J connectivity index is 1.87. The third-order valence-electron chi connectivity index (χ3n) is 4.04. The van der Waals surface area contributed by atoms with Gasteiger partial charge in [0.2, 0.25) is 11.0 Å². The van der Waals surface area contributed by atoms with E-state index in [-0.39, 0.29) is 11.9 Å². The minimum absolute atomic E-state index is 0.00624. The molecule has 2 heterocycles. The van der Waals surface area contributed by atoms with Crippen molar-refractivity contribution >= 4 is 28.8 Å². The molecule has 0 aliphatic heterocycles. The molecule has 2 aromatic heterocycles. The lowest BCUT2D eigenvalue weighted by Crippen LogP contribution is -2.31. The topological polar surface area (TPSA) is 59.8 Å². The van der Waals surface area contributed by atoms with Gasteiger partial charge in [0.1, 0.15) is 0 Å². The maximum Gasteiger partial charge on any atom is 0.224 e. The molecule has 0 atom stereocenters. The smallest absolute Gasteiger partial charge is 0.224 e. The molecule has 3 aromatic rings. The van der Waals surface area contributed by atoms with E-state index in [4.69, 9.17) is 16.6 Å². The lowest BCUT2D eigenvalue weighted by molar-refractivity contribution is -0.120. The molecular formula is C19H21ClN4OS. The standard InChI is InChI=1S/C19H21ClN4OS/c1-11(2)21-18(25)9-16-12(3)23-24(13(16)4)19-22-17(10-26-19)14-5-7-15(20)8-6-14/h5-8,10-11H,9H2,1-4H3,(H,21,25). The maximum absolute atomic E-state index is 12.1. The zero-order chi connectivity index (χ0) is 18.8. The summed E-state index contributed by atoms with van der Waals surface area (Å²) in [4.78, 5) is 16.8. The zero-order valence-electron chi connectivity index (χ0n) is 15.2. The number of aromatic nitrogens is 3. The van der Waals surface area contributed by atoms with E-state index in [1.165, 1.54) is 11.3 Å². The van der Waals surface area contributed by atoms with E-state index in [9.17, 15) is 4.79 Å². The van der Waals surface area contributed by atoms with Gasteiger partial charge in [0.05, 0.1) is 17.8 Å². The Kier molecular flexibility index (Phi) is 5.44. The molecule has 26 heavy (non-hydrogen) atoms. The molecule has 0 aliphatic carbocycles. The molecule has 0 saturated carbocycles.